The molecule has 0 fully saturated rings. The molecule has 2 aromatic rings. The largest absolute Gasteiger partial charge is 0.467 e. The van der Waals surface area contributed by atoms with Gasteiger partial charge in [0.05, 0.1) is 7.11 Å². The molecular weight excluding hydrogens is 252 g/mol. The van der Waals surface area contributed by atoms with Crippen molar-refractivity contribution in [1.82, 2.24) is 19.7 Å². The second kappa shape index (κ2) is 5.09. The SMILES string of the molecule is COC(=O)C(C)n1c(-c2cccnc2)n[nH]c1=S. The van der Waals surface area contributed by atoms with Gasteiger partial charge < -0.3 is 4.74 Å². The van der Waals surface area contributed by atoms with Gasteiger partial charge in [0.1, 0.15) is 6.04 Å². The average Bonchev–Trinajstić information content (AvgIpc) is 2.80. The van der Waals surface area contributed by atoms with E-state index < -0.39 is 6.04 Å². The maximum atomic E-state index is 11.6. The van der Waals surface area contributed by atoms with Gasteiger partial charge in [-0.15, -0.1) is 0 Å². The minimum atomic E-state index is -0.545. The smallest absolute Gasteiger partial charge is 0.328 e. The molecule has 1 unspecified atom stereocenters. The number of nitrogens with one attached hydrogen (secondary N) is 1. The zero-order chi connectivity index (χ0) is 13.1. The Kier molecular flexibility index (Phi) is 3.52. The lowest BCUT2D eigenvalue weighted by Crippen LogP contribution is -2.18. The monoisotopic (exact) mass is 264 g/mol. The number of hydrogen-bond donors (Lipinski definition) is 1. The number of carbonyl (C=O) groups excluding carboxylic acids is 1. The van der Waals surface area contributed by atoms with Crippen molar-refractivity contribution >= 4 is 18.2 Å². The molecule has 2 aromatic heterocycles. The van der Waals surface area contributed by atoms with Crippen molar-refractivity contribution in [2.75, 3.05) is 7.11 Å². The molecule has 0 aliphatic heterocycles. The first-order valence-electron chi connectivity index (χ1n) is 5.30. The fourth-order valence-corrected chi connectivity index (χ4v) is 1.93. The van der Waals surface area contributed by atoms with Crippen LogP contribution < -0.4 is 0 Å². The van der Waals surface area contributed by atoms with Crippen LogP contribution in [0.15, 0.2) is 24.5 Å². The van der Waals surface area contributed by atoms with Crippen LogP contribution in [0.4, 0.5) is 0 Å². The van der Waals surface area contributed by atoms with Gasteiger partial charge in [0.15, 0.2) is 10.6 Å². The minimum Gasteiger partial charge on any atom is -0.467 e. The van der Waals surface area contributed by atoms with Crippen molar-refractivity contribution in [3.05, 3.63) is 29.3 Å². The normalized spacial score (nSPS) is 12.1. The molecule has 0 aliphatic rings. The van der Waals surface area contributed by atoms with Crippen molar-refractivity contribution in [3.63, 3.8) is 0 Å². The molecule has 0 aromatic carbocycles. The Morgan fingerprint density at radius 3 is 3.00 bits per heavy atom. The zero-order valence-electron chi connectivity index (χ0n) is 9.95. The minimum absolute atomic E-state index is 0.367. The standard InChI is InChI=1S/C11H12N4O2S/c1-7(10(16)17-2)15-9(13-14-11(15)18)8-4-3-5-12-6-8/h3-7H,1-2H3,(H,14,18). The van der Waals surface area contributed by atoms with Crippen molar-refractivity contribution < 1.29 is 9.53 Å². The number of aromatic nitrogens is 4. The van der Waals surface area contributed by atoms with Crippen LogP contribution in [-0.2, 0) is 9.53 Å². The molecule has 94 valence electrons. The molecule has 0 radical (unpaired) electrons. The van der Waals surface area contributed by atoms with Crippen LogP contribution in [0.5, 0.6) is 0 Å². The van der Waals surface area contributed by atoms with E-state index in [1.165, 1.54) is 7.11 Å². The molecule has 2 heterocycles. The van der Waals surface area contributed by atoms with E-state index in [4.69, 9.17) is 17.0 Å². The van der Waals surface area contributed by atoms with Gasteiger partial charge >= 0.3 is 5.97 Å². The Morgan fingerprint density at radius 1 is 1.61 bits per heavy atom. The van der Waals surface area contributed by atoms with E-state index in [1.807, 2.05) is 6.07 Å². The highest BCUT2D eigenvalue weighted by Gasteiger charge is 2.21. The molecule has 18 heavy (non-hydrogen) atoms. The lowest BCUT2D eigenvalue weighted by atomic mass is 10.2. The van der Waals surface area contributed by atoms with Crippen LogP contribution in [0.3, 0.4) is 0 Å². The number of nitrogens with zero attached hydrogens (tertiary/aromatic N) is 3. The summed E-state index contributed by atoms with van der Waals surface area (Å²) >= 11 is 5.13. The maximum absolute atomic E-state index is 11.6. The topological polar surface area (TPSA) is 72.8 Å². The average molecular weight is 264 g/mol. The number of methoxy groups -OCH3 is 1. The number of carbonyl (C=O) groups is 1. The van der Waals surface area contributed by atoms with Crippen molar-refractivity contribution in [3.8, 4) is 11.4 Å². The first kappa shape index (κ1) is 12.4. The molecule has 0 saturated heterocycles. The van der Waals surface area contributed by atoms with E-state index in [9.17, 15) is 4.79 Å². The van der Waals surface area contributed by atoms with Crippen LogP contribution in [0.25, 0.3) is 11.4 Å². The molecule has 6 nitrogen and oxygen atoms in total. The van der Waals surface area contributed by atoms with Gasteiger partial charge in [-0.2, -0.15) is 5.10 Å². The van der Waals surface area contributed by atoms with Crippen molar-refractivity contribution in [2.24, 2.45) is 0 Å². The summed E-state index contributed by atoms with van der Waals surface area (Å²) in [4.78, 5) is 15.6. The summed E-state index contributed by atoms with van der Waals surface area (Å²) in [6, 6.07) is 3.09. The number of H-pyrrole nitrogens is 1. The van der Waals surface area contributed by atoms with Crippen LogP contribution in [0.2, 0.25) is 0 Å². The van der Waals surface area contributed by atoms with E-state index in [0.717, 1.165) is 5.56 Å². The fraction of sp³-hybridized carbons (Fsp3) is 0.273. The van der Waals surface area contributed by atoms with Gasteiger partial charge in [0.2, 0.25) is 0 Å². The highest BCUT2D eigenvalue weighted by atomic mass is 32.1. The lowest BCUT2D eigenvalue weighted by Gasteiger charge is -2.12. The zero-order valence-corrected chi connectivity index (χ0v) is 10.8. The predicted molar refractivity (Wildman–Crippen MR) is 67.4 cm³/mol. The van der Waals surface area contributed by atoms with Crippen LogP contribution >= 0.6 is 12.2 Å². The summed E-state index contributed by atoms with van der Waals surface area (Å²) in [6.45, 7) is 1.71. The number of pyridine rings is 1. The summed E-state index contributed by atoms with van der Waals surface area (Å²) in [5.74, 6) is 0.184. The van der Waals surface area contributed by atoms with Gasteiger partial charge in [-0.05, 0) is 31.3 Å². The Labute approximate surface area is 109 Å². The second-order valence-corrected chi connectivity index (χ2v) is 4.05. The highest BCUT2D eigenvalue weighted by molar-refractivity contribution is 7.71. The lowest BCUT2D eigenvalue weighted by molar-refractivity contribution is -0.144. The fourth-order valence-electron chi connectivity index (χ4n) is 1.64. The van der Waals surface area contributed by atoms with Crippen molar-refractivity contribution in [1.29, 1.82) is 0 Å². The van der Waals surface area contributed by atoms with E-state index in [2.05, 4.69) is 15.2 Å². The third-order valence-electron chi connectivity index (χ3n) is 2.55. The molecule has 0 amide bonds. The van der Waals surface area contributed by atoms with Gasteiger partial charge in [-0.1, -0.05) is 0 Å². The Bertz CT molecular complexity index is 605. The number of ether oxygens (including phenoxy) is 1. The van der Waals surface area contributed by atoms with E-state index in [-0.39, 0.29) is 5.97 Å². The number of hydrogen-bond acceptors (Lipinski definition) is 5. The van der Waals surface area contributed by atoms with Gasteiger partial charge in [-0.3, -0.25) is 14.6 Å². The molecule has 0 aliphatic carbocycles. The van der Waals surface area contributed by atoms with Crippen LogP contribution in [-0.4, -0.2) is 32.8 Å². The van der Waals surface area contributed by atoms with Gasteiger partial charge in [-0.25, -0.2) is 4.79 Å². The van der Waals surface area contributed by atoms with Crippen LogP contribution in [0.1, 0.15) is 13.0 Å². The Morgan fingerprint density at radius 2 is 2.39 bits per heavy atom. The van der Waals surface area contributed by atoms with Gasteiger partial charge in [0.25, 0.3) is 0 Å². The Hall–Kier alpha value is -2.02. The molecule has 0 bridgehead atoms. The maximum Gasteiger partial charge on any atom is 0.328 e. The third-order valence-corrected chi connectivity index (χ3v) is 2.84. The molecule has 1 N–H and O–H groups in total. The quantitative estimate of drug-likeness (QED) is 0.675. The number of aromatic amines is 1. The van der Waals surface area contributed by atoms with Crippen molar-refractivity contribution in [2.45, 2.75) is 13.0 Å². The van der Waals surface area contributed by atoms with E-state index in [1.54, 1.807) is 30.0 Å². The summed E-state index contributed by atoms with van der Waals surface area (Å²) in [5.41, 5.74) is 0.778. The summed E-state index contributed by atoms with van der Waals surface area (Å²) in [5, 5.41) is 6.80. The Balaban J connectivity index is 2.52. The first-order valence-corrected chi connectivity index (χ1v) is 5.71. The predicted octanol–water partition coefficient (Wildman–Crippen LogP) is 1.74. The summed E-state index contributed by atoms with van der Waals surface area (Å²) in [6.07, 6.45) is 3.32. The highest BCUT2D eigenvalue weighted by Crippen LogP contribution is 2.20. The molecular formula is C11H12N4O2S. The number of esters is 1. The summed E-state index contributed by atoms with van der Waals surface area (Å²) < 4.78 is 6.69. The third kappa shape index (κ3) is 2.17. The molecule has 1 atom stereocenters. The summed E-state index contributed by atoms with van der Waals surface area (Å²) in [7, 11) is 1.34. The van der Waals surface area contributed by atoms with E-state index >= 15 is 0 Å². The second-order valence-electron chi connectivity index (χ2n) is 3.66. The number of rotatable bonds is 3. The molecule has 2 rings (SSSR count). The molecule has 0 saturated carbocycles. The van der Waals surface area contributed by atoms with Gasteiger partial charge in [0, 0.05) is 18.0 Å². The molecule has 0 spiro atoms. The first-order chi connectivity index (χ1) is 8.65. The molecule has 7 heteroatoms. The van der Waals surface area contributed by atoms with E-state index in [0.29, 0.717) is 10.6 Å². The van der Waals surface area contributed by atoms with Crippen LogP contribution in [0, 0.1) is 4.77 Å².